The van der Waals surface area contributed by atoms with Gasteiger partial charge in [-0.05, 0) is 37.7 Å². The van der Waals surface area contributed by atoms with Crippen LogP contribution in [0, 0.1) is 0 Å². The van der Waals surface area contributed by atoms with Gasteiger partial charge in [-0.3, -0.25) is 4.79 Å². The molecule has 1 aliphatic carbocycles. The van der Waals surface area contributed by atoms with Crippen LogP contribution in [0.5, 0.6) is 0 Å². The van der Waals surface area contributed by atoms with Gasteiger partial charge in [-0.15, -0.1) is 22.9 Å². The highest BCUT2D eigenvalue weighted by molar-refractivity contribution is 7.17. The molecule has 110 valence electrons. The fourth-order valence-corrected chi connectivity index (χ4v) is 4.00. The predicted molar refractivity (Wildman–Crippen MR) is 81.0 cm³/mol. The summed E-state index contributed by atoms with van der Waals surface area (Å²) in [6.45, 7) is 4.21. The lowest BCUT2D eigenvalue weighted by molar-refractivity contribution is -0.113. The lowest BCUT2D eigenvalue weighted by Crippen LogP contribution is -2.17. The Balaban J connectivity index is 2.45. The van der Waals surface area contributed by atoms with Crippen LogP contribution in [0.2, 0.25) is 0 Å². The molecular weight excluding hydrogens is 298 g/mol. The number of alkyl halides is 1. The van der Waals surface area contributed by atoms with Crippen LogP contribution >= 0.6 is 22.9 Å². The van der Waals surface area contributed by atoms with E-state index in [1.165, 1.54) is 16.2 Å². The van der Waals surface area contributed by atoms with Crippen LogP contribution < -0.4 is 5.32 Å². The molecule has 1 unspecified atom stereocenters. The Morgan fingerprint density at radius 3 is 2.90 bits per heavy atom. The van der Waals surface area contributed by atoms with Gasteiger partial charge in [0, 0.05) is 4.88 Å². The van der Waals surface area contributed by atoms with Gasteiger partial charge in [-0.2, -0.15) is 0 Å². The van der Waals surface area contributed by atoms with Crippen LogP contribution in [-0.2, 0) is 16.0 Å². The van der Waals surface area contributed by atoms with Gasteiger partial charge in [-0.25, -0.2) is 4.79 Å². The topological polar surface area (TPSA) is 55.4 Å². The number of carbonyl (C=O) groups excluding carboxylic acids is 2. The largest absolute Gasteiger partial charge is 0.462 e. The van der Waals surface area contributed by atoms with E-state index in [4.69, 9.17) is 16.3 Å². The average Bonchev–Trinajstić information content (AvgIpc) is 2.78. The summed E-state index contributed by atoms with van der Waals surface area (Å²) in [6, 6.07) is 0. The maximum absolute atomic E-state index is 12.2. The molecule has 1 aliphatic rings. The number of anilines is 1. The second-order valence-corrected chi connectivity index (χ2v) is 6.21. The zero-order valence-electron chi connectivity index (χ0n) is 11.6. The molecule has 0 saturated heterocycles. The van der Waals surface area contributed by atoms with Gasteiger partial charge >= 0.3 is 5.97 Å². The number of halogens is 1. The van der Waals surface area contributed by atoms with Gasteiger partial charge < -0.3 is 10.1 Å². The van der Waals surface area contributed by atoms with Crippen molar-refractivity contribution in [3.05, 3.63) is 16.0 Å². The quantitative estimate of drug-likeness (QED) is 0.683. The number of fused-ring (bicyclic) bond motifs is 1. The zero-order valence-corrected chi connectivity index (χ0v) is 13.2. The fourth-order valence-electron chi connectivity index (χ4n) is 2.56. The zero-order chi connectivity index (χ0) is 14.7. The number of ether oxygens (including phenoxy) is 1. The van der Waals surface area contributed by atoms with Crippen LogP contribution in [0.3, 0.4) is 0 Å². The number of nitrogens with one attached hydrogen (secondary N) is 1. The molecule has 0 fully saturated rings. The van der Waals surface area contributed by atoms with Crippen molar-refractivity contribution in [2.24, 2.45) is 0 Å². The molecule has 4 nitrogen and oxygen atoms in total. The first-order chi connectivity index (χ1) is 9.58. The summed E-state index contributed by atoms with van der Waals surface area (Å²) < 4.78 is 5.14. The number of amides is 1. The minimum Gasteiger partial charge on any atom is -0.462 e. The van der Waals surface area contributed by atoms with E-state index < -0.39 is 0 Å². The Morgan fingerprint density at radius 1 is 1.50 bits per heavy atom. The second-order valence-electron chi connectivity index (χ2n) is 4.84. The minimum absolute atomic E-state index is 0.125. The van der Waals surface area contributed by atoms with Crippen molar-refractivity contribution < 1.29 is 14.3 Å². The third-order valence-electron chi connectivity index (χ3n) is 3.41. The van der Waals surface area contributed by atoms with E-state index in [1.54, 1.807) is 6.92 Å². The Hall–Kier alpha value is -1.07. The van der Waals surface area contributed by atoms with E-state index in [0.717, 1.165) is 24.8 Å². The summed E-state index contributed by atoms with van der Waals surface area (Å²) in [4.78, 5) is 24.9. The van der Waals surface area contributed by atoms with E-state index in [1.807, 2.05) is 0 Å². The number of hydrogen-bond donors (Lipinski definition) is 1. The number of aryl methyl sites for hydroxylation is 1. The highest BCUT2D eigenvalue weighted by Crippen LogP contribution is 2.43. The maximum atomic E-state index is 12.2. The van der Waals surface area contributed by atoms with Crippen molar-refractivity contribution in [2.75, 3.05) is 17.8 Å². The molecule has 1 atom stereocenters. The molecule has 1 heterocycles. The molecular formula is C14H18ClNO3S. The lowest BCUT2D eigenvalue weighted by Gasteiger charge is -2.19. The molecule has 0 bridgehead atoms. The molecule has 1 aromatic heterocycles. The van der Waals surface area contributed by atoms with Crippen LogP contribution in [0.25, 0.3) is 0 Å². The van der Waals surface area contributed by atoms with E-state index in [0.29, 0.717) is 23.1 Å². The summed E-state index contributed by atoms with van der Waals surface area (Å²) in [5.41, 5.74) is 1.57. The summed E-state index contributed by atoms with van der Waals surface area (Å²) in [7, 11) is 0. The Morgan fingerprint density at radius 2 is 2.25 bits per heavy atom. The third kappa shape index (κ3) is 2.99. The van der Waals surface area contributed by atoms with E-state index >= 15 is 0 Å². The van der Waals surface area contributed by atoms with Gasteiger partial charge in [-0.1, -0.05) is 6.92 Å². The van der Waals surface area contributed by atoms with Crippen LogP contribution in [0.15, 0.2) is 0 Å². The molecule has 0 aromatic carbocycles. The van der Waals surface area contributed by atoms with Gasteiger partial charge in [0.2, 0.25) is 5.91 Å². The monoisotopic (exact) mass is 315 g/mol. The van der Waals surface area contributed by atoms with Gasteiger partial charge in [0.25, 0.3) is 0 Å². The van der Waals surface area contributed by atoms with E-state index in [9.17, 15) is 9.59 Å². The third-order valence-corrected chi connectivity index (χ3v) is 4.83. The Bertz CT molecular complexity index is 527. The summed E-state index contributed by atoms with van der Waals surface area (Å²) in [5.74, 6) is -0.469. The Labute approximate surface area is 127 Å². The summed E-state index contributed by atoms with van der Waals surface area (Å²) in [5, 5.41) is 3.30. The van der Waals surface area contributed by atoms with E-state index in [2.05, 4.69) is 12.2 Å². The molecule has 20 heavy (non-hydrogen) atoms. The highest BCUT2D eigenvalue weighted by atomic mass is 35.5. The minimum atomic E-state index is -0.358. The van der Waals surface area contributed by atoms with Crippen LogP contribution in [-0.4, -0.2) is 24.4 Å². The number of carbonyl (C=O) groups is 2. The standard InChI is InChI=1S/C14H18ClNO3S/c1-3-19-14(18)12-11-8(2)5-4-6-9(11)20-13(12)16-10(17)7-15/h8H,3-7H2,1-2H3,(H,16,17). The SMILES string of the molecule is CCOC(=O)c1c(NC(=O)CCl)sc2c1C(C)CCC2. The number of esters is 1. The van der Waals surface area contributed by atoms with Crippen molar-refractivity contribution >= 4 is 39.8 Å². The maximum Gasteiger partial charge on any atom is 0.341 e. The second kappa shape index (κ2) is 6.59. The molecule has 0 spiro atoms. The average molecular weight is 316 g/mol. The number of thiophene rings is 1. The van der Waals surface area contributed by atoms with Crippen molar-refractivity contribution in [3.8, 4) is 0 Å². The molecule has 6 heteroatoms. The van der Waals surface area contributed by atoms with E-state index in [-0.39, 0.29) is 17.8 Å². The van der Waals surface area contributed by atoms with Gasteiger partial charge in [0.1, 0.15) is 10.9 Å². The fraction of sp³-hybridized carbons (Fsp3) is 0.571. The molecule has 1 N–H and O–H groups in total. The first-order valence-corrected chi connectivity index (χ1v) is 8.12. The predicted octanol–water partition coefficient (Wildman–Crippen LogP) is 3.54. The lowest BCUT2D eigenvalue weighted by atomic mass is 9.86. The molecule has 2 rings (SSSR count). The van der Waals surface area contributed by atoms with Crippen molar-refractivity contribution in [3.63, 3.8) is 0 Å². The number of rotatable bonds is 4. The highest BCUT2D eigenvalue weighted by Gasteiger charge is 2.30. The molecule has 0 aliphatic heterocycles. The van der Waals surface area contributed by atoms with Crippen LogP contribution in [0.1, 0.15) is 53.4 Å². The first-order valence-electron chi connectivity index (χ1n) is 6.77. The van der Waals surface area contributed by atoms with Crippen molar-refractivity contribution in [2.45, 2.75) is 39.0 Å². The smallest absolute Gasteiger partial charge is 0.341 e. The van der Waals surface area contributed by atoms with Crippen LogP contribution in [0.4, 0.5) is 5.00 Å². The van der Waals surface area contributed by atoms with Crippen molar-refractivity contribution in [1.82, 2.24) is 0 Å². The van der Waals surface area contributed by atoms with Gasteiger partial charge in [0.05, 0.1) is 12.2 Å². The summed E-state index contributed by atoms with van der Waals surface area (Å²) >= 11 is 7.00. The Kier molecular flexibility index (Phi) is 5.05. The normalized spacial score (nSPS) is 17.4. The molecule has 0 saturated carbocycles. The molecule has 1 amide bonds. The number of hydrogen-bond acceptors (Lipinski definition) is 4. The van der Waals surface area contributed by atoms with Crippen molar-refractivity contribution in [1.29, 1.82) is 0 Å². The van der Waals surface area contributed by atoms with Gasteiger partial charge in [0.15, 0.2) is 0 Å². The first kappa shape index (κ1) is 15.3. The summed E-state index contributed by atoms with van der Waals surface area (Å²) in [6.07, 6.45) is 3.12. The molecule has 0 radical (unpaired) electrons. The molecule has 1 aromatic rings.